The van der Waals surface area contributed by atoms with E-state index in [0.29, 0.717) is 22.7 Å². The first-order chi connectivity index (χ1) is 8.17. The Bertz CT molecular complexity index is 438. The lowest BCUT2D eigenvalue weighted by Crippen LogP contribution is -2.10. The van der Waals surface area contributed by atoms with Crippen LogP contribution in [0, 0.1) is 11.3 Å². The van der Waals surface area contributed by atoms with Crippen molar-refractivity contribution < 1.29 is 4.79 Å². The molecule has 0 heterocycles. The van der Waals surface area contributed by atoms with Gasteiger partial charge in [0.2, 0.25) is 5.91 Å². The van der Waals surface area contributed by atoms with Crippen LogP contribution >= 0.6 is 11.6 Å². The van der Waals surface area contributed by atoms with E-state index >= 15 is 0 Å². The van der Waals surface area contributed by atoms with Gasteiger partial charge in [0.15, 0.2) is 0 Å². The van der Waals surface area contributed by atoms with Gasteiger partial charge in [-0.25, -0.2) is 0 Å². The maximum atomic E-state index is 11.5. The second kappa shape index (κ2) is 6.93. The molecule has 0 aliphatic rings. The third-order valence-electron chi connectivity index (χ3n) is 2.38. The monoisotopic (exact) mass is 250 g/mol. The van der Waals surface area contributed by atoms with E-state index in [4.69, 9.17) is 16.9 Å². The molecule has 0 atom stereocenters. The third kappa shape index (κ3) is 4.46. The van der Waals surface area contributed by atoms with Crippen LogP contribution in [0.1, 0.15) is 38.2 Å². The van der Waals surface area contributed by atoms with E-state index in [0.717, 1.165) is 19.3 Å². The summed E-state index contributed by atoms with van der Waals surface area (Å²) in [5, 5.41) is 11.8. The smallest absolute Gasteiger partial charge is 0.224 e. The Morgan fingerprint density at radius 2 is 2.24 bits per heavy atom. The molecule has 0 fully saturated rings. The van der Waals surface area contributed by atoms with Crippen molar-refractivity contribution in [3.05, 3.63) is 28.8 Å². The summed E-state index contributed by atoms with van der Waals surface area (Å²) in [6, 6.07) is 6.85. The van der Waals surface area contributed by atoms with Crippen molar-refractivity contribution in [2.75, 3.05) is 5.32 Å². The molecule has 17 heavy (non-hydrogen) atoms. The van der Waals surface area contributed by atoms with Crippen molar-refractivity contribution in [3.8, 4) is 6.07 Å². The topological polar surface area (TPSA) is 52.9 Å². The van der Waals surface area contributed by atoms with Gasteiger partial charge < -0.3 is 5.32 Å². The second-order valence-electron chi connectivity index (χ2n) is 3.81. The number of anilines is 1. The first-order valence-corrected chi connectivity index (χ1v) is 6.04. The van der Waals surface area contributed by atoms with Crippen molar-refractivity contribution in [2.24, 2.45) is 0 Å². The number of carbonyl (C=O) groups is 1. The van der Waals surface area contributed by atoms with Gasteiger partial charge in [0.1, 0.15) is 6.07 Å². The lowest BCUT2D eigenvalue weighted by Gasteiger charge is -2.05. The highest BCUT2D eigenvalue weighted by molar-refractivity contribution is 6.32. The summed E-state index contributed by atoms with van der Waals surface area (Å²) in [5.41, 5.74) is 1.05. The van der Waals surface area contributed by atoms with E-state index in [1.54, 1.807) is 18.2 Å². The van der Waals surface area contributed by atoms with Gasteiger partial charge >= 0.3 is 0 Å². The van der Waals surface area contributed by atoms with Crippen LogP contribution < -0.4 is 5.32 Å². The average Bonchev–Trinajstić information content (AvgIpc) is 2.29. The standard InChI is InChI=1S/C13H15ClN2O/c1-2-3-4-5-13(17)16-11-7-6-10(9-15)12(14)8-11/h6-8H,2-5H2,1H3,(H,16,17). The summed E-state index contributed by atoms with van der Waals surface area (Å²) < 4.78 is 0. The molecule has 0 bridgehead atoms. The van der Waals surface area contributed by atoms with Crippen molar-refractivity contribution in [2.45, 2.75) is 32.6 Å². The van der Waals surface area contributed by atoms with Crippen LogP contribution in [0.5, 0.6) is 0 Å². The number of rotatable bonds is 5. The molecular formula is C13H15ClN2O. The molecular weight excluding hydrogens is 236 g/mol. The molecule has 1 aromatic rings. The summed E-state index contributed by atoms with van der Waals surface area (Å²) in [6.45, 7) is 2.10. The van der Waals surface area contributed by atoms with Gasteiger partial charge in [-0.3, -0.25) is 4.79 Å². The first kappa shape index (κ1) is 13.5. The molecule has 0 aliphatic heterocycles. The predicted octanol–water partition coefficient (Wildman–Crippen LogP) is 3.73. The maximum Gasteiger partial charge on any atom is 0.224 e. The zero-order valence-corrected chi connectivity index (χ0v) is 10.5. The maximum absolute atomic E-state index is 11.5. The van der Waals surface area contributed by atoms with E-state index in [2.05, 4.69) is 12.2 Å². The third-order valence-corrected chi connectivity index (χ3v) is 2.69. The van der Waals surface area contributed by atoms with Crippen LogP contribution in [0.15, 0.2) is 18.2 Å². The second-order valence-corrected chi connectivity index (χ2v) is 4.22. The Labute approximate surface area is 106 Å². The fourth-order valence-corrected chi connectivity index (χ4v) is 1.67. The Hall–Kier alpha value is -1.53. The zero-order valence-electron chi connectivity index (χ0n) is 9.79. The van der Waals surface area contributed by atoms with Gasteiger partial charge in [0.25, 0.3) is 0 Å². The number of nitrogens with one attached hydrogen (secondary N) is 1. The van der Waals surface area contributed by atoms with Crippen LogP contribution in [-0.4, -0.2) is 5.91 Å². The summed E-state index contributed by atoms with van der Waals surface area (Å²) >= 11 is 5.87. The summed E-state index contributed by atoms with van der Waals surface area (Å²) in [7, 11) is 0. The van der Waals surface area contributed by atoms with Crippen LogP contribution in [0.25, 0.3) is 0 Å². The number of nitrogens with zero attached hydrogens (tertiary/aromatic N) is 1. The van der Waals surface area contributed by atoms with Gasteiger partial charge in [-0.2, -0.15) is 5.26 Å². The van der Waals surface area contributed by atoms with E-state index in [1.807, 2.05) is 6.07 Å². The Balaban J connectivity index is 2.55. The summed E-state index contributed by atoms with van der Waals surface area (Å²) in [5.74, 6) is -0.0146. The number of hydrogen-bond donors (Lipinski definition) is 1. The number of unbranched alkanes of at least 4 members (excludes halogenated alkanes) is 2. The van der Waals surface area contributed by atoms with Crippen LogP contribution in [0.3, 0.4) is 0 Å². The van der Waals surface area contributed by atoms with E-state index in [-0.39, 0.29) is 5.91 Å². The molecule has 0 aliphatic carbocycles. The lowest BCUT2D eigenvalue weighted by atomic mass is 10.2. The molecule has 0 unspecified atom stereocenters. The zero-order chi connectivity index (χ0) is 12.7. The minimum Gasteiger partial charge on any atom is -0.326 e. The SMILES string of the molecule is CCCCCC(=O)Nc1ccc(C#N)c(Cl)c1. The molecule has 90 valence electrons. The minimum atomic E-state index is -0.0146. The first-order valence-electron chi connectivity index (χ1n) is 5.67. The molecule has 1 rings (SSSR count). The molecule has 1 amide bonds. The molecule has 0 saturated carbocycles. The quantitative estimate of drug-likeness (QED) is 0.810. The fraction of sp³-hybridized carbons (Fsp3) is 0.385. The van der Waals surface area contributed by atoms with Crippen LogP contribution in [0.4, 0.5) is 5.69 Å². The van der Waals surface area contributed by atoms with E-state index in [9.17, 15) is 4.79 Å². The number of carbonyl (C=O) groups excluding carboxylic acids is 1. The van der Waals surface area contributed by atoms with E-state index < -0.39 is 0 Å². The number of amides is 1. The molecule has 0 aromatic heterocycles. The highest BCUT2D eigenvalue weighted by atomic mass is 35.5. The van der Waals surface area contributed by atoms with Gasteiger partial charge in [-0.05, 0) is 24.6 Å². The number of hydrogen-bond acceptors (Lipinski definition) is 2. The summed E-state index contributed by atoms with van der Waals surface area (Å²) in [4.78, 5) is 11.5. The summed E-state index contributed by atoms with van der Waals surface area (Å²) in [6.07, 6.45) is 3.56. The Kier molecular flexibility index (Phi) is 5.51. The normalized spacial score (nSPS) is 9.71. The highest BCUT2D eigenvalue weighted by Crippen LogP contribution is 2.20. The van der Waals surface area contributed by atoms with Gasteiger partial charge in [-0.15, -0.1) is 0 Å². The molecule has 0 radical (unpaired) electrons. The van der Waals surface area contributed by atoms with Gasteiger partial charge in [0.05, 0.1) is 10.6 Å². The minimum absolute atomic E-state index is 0.0146. The number of benzene rings is 1. The molecule has 1 aromatic carbocycles. The van der Waals surface area contributed by atoms with Crippen molar-refractivity contribution in [3.63, 3.8) is 0 Å². The molecule has 1 N–H and O–H groups in total. The van der Waals surface area contributed by atoms with E-state index in [1.165, 1.54) is 0 Å². The van der Waals surface area contributed by atoms with Crippen molar-refractivity contribution in [1.82, 2.24) is 0 Å². The Morgan fingerprint density at radius 3 is 2.82 bits per heavy atom. The molecule has 4 heteroatoms. The Morgan fingerprint density at radius 1 is 1.47 bits per heavy atom. The van der Waals surface area contributed by atoms with Gasteiger partial charge in [-0.1, -0.05) is 31.4 Å². The fourth-order valence-electron chi connectivity index (χ4n) is 1.44. The predicted molar refractivity (Wildman–Crippen MR) is 68.9 cm³/mol. The number of nitriles is 1. The molecule has 0 saturated heterocycles. The molecule has 3 nitrogen and oxygen atoms in total. The largest absolute Gasteiger partial charge is 0.326 e. The number of halogens is 1. The van der Waals surface area contributed by atoms with Crippen LogP contribution in [-0.2, 0) is 4.79 Å². The lowest BCUT2D eigenvalue weighted by molar-refractivity contribution is -0.116. The average molecular weight is 251 g/mol. The van der Waals surface area contributed by atoms with Crippen molar-refractivity contribution >= 4 is 23.2 Å². The van der Waals surface area contributed by atoms with Gasteiger partial charge in [0, 0.05) is 12.1 Å². The van der Waals surface area contributed by atoms with Crippen LogP contribution in [0.2, 0.25) is 5.02 Å². The van der Waals surface area contributed by atoms with Crippen molar-refractivity contribution in [1.29, 1.82) is 5.26 Å². The highest BCUT2D eigenvalue weighted by Gasteiger charge is 2.04. The molecule has 0 spiro atoms.